The summed E-state index contributed by atoms with van der Waals surface area (Å²) in [5.41, 5.74) is 2.21. The number of nitrogens with one attached hydrogen (secondary N) is 2. The minimum atomic E-state index is -0.733. The first kappa shape index (κ1) is 24.4. The number of rotatable bonds is 8. The minimum absolute atomic E-state index is 0.132. The molecule has 0 saturated carbocycles. The zero-order chi connectivity index (χ0) is 23.1. The quantitative estimate of drug-likeness (QED) is 0.629. The molecule has 1 atom stereocenters. The zero-order valence-electron chi connectivity index (χ0n) is 18.7. The van der Waals surface area contributed by atoms with Crippen molar-refractivity contribution in [3.05, 3.63) is 64.2 Å². The van der Waals surface area contributed by atoms with Crippen molar-refractivity contribution in [3.63, 3.8) is 0 Å². The topological polar surface area (TPSA) is 78.5 Å². The molecule has 0 radical (unpaired) electrons. The van der Waals surface area contributed by atoms with Crippen LogP contribution >= 0.6 is 11.6 Å². The lowest BCUT2D eigenvalue weighted by atomic mass is 10.0. The van der Waals surface area contributed by atoms with E-state index in [1.807, 2.05) is 46.8 Å². The van der Waals surface area contributed by atoms with Gasteiger partial charge in [-0.1, -0.05) is 43.6 Å². The molecule has 0 aliphatic heterocycles. The second-order valence-corrected chi connectivity index (χ2v) is 8.08. The molecule has 0 spiro atoms. The van der Waals surface area contributed by atoms with Crippen LogP contribution < -0.4 is 10.6 Å². The number of nitrogens with zero attached hydrogens (tertiary/aromatic N) is 1. The van der Waals surface area contributed by atoms with Gasteiger partial charge < -0.3 is 15.5 Å². The normalized spacial score (nSPS) is 11.7. The number of halogens is 1. The third kappa shape index (κ3) is 6.07. The molecule has 0 aliphatic rings. The van der Waals surface area contributed by atoms with Crippen molar-refractivity contribution in [3.8, 4) is 0 Å². The van der Waals surface area contributed by atoms with Crippen LogP contribution in [0.2, 0.25) is 5.02 Å². The molecular formula is C24H30ClN3O3. The number of amides is 3. The molecule has 2 aromatic carbocycles. The Morgan fingerprint density at radius 3 is 2.19 bits per heavy atom. The van der Waals surface area contributed by atoms with E-state index in [0.717, 1.165) is 5.56 Å². The number of carbonyl (C=O) groups is 3. The molecule has 2 N–H and O–H groups in total. The molecule has 0 bridgehead atoms. The lowest BCUT2D eigenvalue weighted by Gasteiger charge is -2.23. The molecule has 0 aromatic heterocycles. The van der Waals surface area contributed by atoms with Gasteiger partial charge in [-0.05, 0) is 56.5 Å². The van der Waals surface area contributed by atoms with Gasteiger partial charge in [0.05, 0.1) is 10.6 Å². The van der Waals surface area contributed by atoms with Crippen molar-refractivity contribution in [2.45, 2.75) is 40.7 Å². The Kier molecular flexibility index (Phi) is 8.63. The minimum Gasteiger partial charge on any atom is -0.340 e. The van der Waals surface area contributed by atoms with Gasteiger partial charge in [0, 0.05) is 24.3 Å². The van der Waals surface area contributed by atoms with E-state index in [4.69, 9.17) is 11.6 Å². The summed E-state index contributed by atoms with van der Waals surface area (Å²) in [5.74, 6) is -0.939. The van der Waals surface area contributed by atoms with Crippen molar-refractivity contribution in [1.82, 2.24) is 10.2 Å². The van der Waals surface area contributed by atoms with E-state index in [2.05, 4.69) is 10.6 Å². The van der Waals surface area contributed by atoms with Crippen LogP contribution in [-0.4, -0.2) is 41.8 Å². The highest BCUT2D eigenvalue weighted by atomic mass is 35.5. The van der Waals surface area contributed by atoms with Crippen LogP contribution in [0, 0.1) is 12.8 Å². The number of carbonyl (C=O) groups excluding carboxylic acids is 3. The molecule has 3 amide bonds. The van der Waals surface area contributed by atoms with Crippen LogP contribution in [0.1, 0.15) is 54.0 Å². The first-order valence-corrected chi connectivity index (χ1v) is 10.8. The van der Waals surface area contributed by atoms with Crippen molar-refractivity contribution in [2.75, 3.05) is 18.4 Å². The maximum atomic E-state index is 12.9. The van der Waals surface area contributed by atoms with Gasteiger partial charge in [0.1, 0.15) is 6.04 Å². The number of hydrogen-bond donors (Lipinski definition) is 2. The Hall–Kier alpha value is -2.86. The van der Waals surface area contributed by atoms with E-state index in [9.17, 15) is 14.4 Å². The Bertz CT molecular complexity index is 955. The Morgan fingerprint density at radius 2 is 1.65 bits per heavy atom. The number of benzene rings is 2. The average Bonchev–Trinajstić information content (AvgIpc) is 2.72. The van der Waals surface area contributed by atoms with E-state index in [1.165, 1.54) is 0 Å². The highest BCUT2D eigenvalue weighted by Gasteiger charge is 2.26. The zero-order valence-corrected chi connectivity index (χ0v) is 19.4. The molecule has 1 unspecified atom stereocenters. The van der Waals surface area contributed by atoms with Gasteiger partial charge >= 0.3 is 0 Å². The number of anilines is 1. The monoisotopic (exact) mass is 443 g/mol. The summed E-state index contributed by atoms with van der Waals surface area (Å²) in [4.78, 5) is 39.8. The van der Waals surface area contributed by atoms with E-state index in [1.54, 1.807) is 35.2 Å². The Labute approximate surface area is 189 Å². The lowest BCUT2D eigenvalue weighted by Crippen LogP contribution is -2.47. The van der Waals surface area contributed by atoms with Crippen molar-refractivity contribution >= 4 is 35.0 Å². The van der Waals surface area contributed by atoms with Crippen LogP contribution in [0.5, 0.6) is 0 Å². The molecule has 0 aliphatic carbocycles. The van der Waals surface area contributed by atoms with Gasteiger partial charge in [0.25, 0.3) is 11.8 Å². The maximum absolute atomic E-state index is 12.9. The second-order valence-electron chi connectivity index (χ2n) is 7.67. The van der Waals surface area contributed by atoms with E-state index in [0.29, 0.717) is 29.9 Å². The summed E-state index contributed by atoms with van der Waals surface area (Å²) >= 11 is 6.32. The summed E-state index contributed by atoms with van der Waals surface area (Å²) in [6.07, 6.45) is 0. The number of hydrogen-bond acceptors (Lipinski definition) is 3. The summed E-state index contributed by atoms with van der Waals surface area (Å²) in [5, 5.41) is 5.88. The fourth-order valence-electron chi connectivity index (χ4n) is 3.25. The second kappa shape index (κ2) is 11.0. The molecule has 0 heterocycles. The summed E-state index contributed by atoms with van der Waals surface area (Å²) in [6, 6.07) is 11.3. The van der Waals surface area contributed by atoms with Crippen molar-refractivity contribution in [1.29, 1.82) is 0 Å². The van der Waals surface area contributed by atoms with Crippen LogP contribution in [0.4, 0.5) is 5.69 Å². The van der Waals surface area contributed by atoms with Gasteiger partial charge in [0.15, 0.2) is 0 Å². The molecule has 31 heavy (non-hydrogen) atoms. The first-order valence-electron chi connectivity index (χ1n) is 10.5. The highest BCUT2D eigenvalue weighted by Crippen LogP contribution is 2.23. The summed E-state index contributed by atoms with van der Waals surface area (Å²) < 4.78 is 0. The molecule has 6 nitrogen and oxygen atoms in total. The predicted octanol–water partition coefficient (Wildman–Crippen LogP) is 4.52. The third-order valence-corrected chi connectivity index (χ3v) is 5.46. The van der Waals surface area contributed by atoms with E-state index < -0.39 is 6.04 Å². The molecule has 0 saturated heterocycles. The summed E-state index contributed by atoms with van der Waals surface area (Å²) in [7, 11) is 0. The molecule has 2 aromatic rings. The van der Waals surface area contributed by atoms with Gasteiger partial charge in [-0.2, -0.15) is 0 Å². The van der Waals surface area contributed by atoms with Gasteiger partial charge in [0.2, 0.25) is 5.91 Å². The van der Waals surface area contributed by atoms with Gasteiger partial charge in [-0.3, -0.25) is 14.4 Å². The molecule has 166 valence electrons. The number of aryl methyl sites for hydroxylation is 1. The van der Waals surface area contributed by atoms with Crippen molar-refractivity contribution in [2.24, 2.45) is 5.92 Å². The standard InChI is InChI=1S/C24H30ClN3O3/c1-6-28(7-2)24(31)19-13-12-17(14-20(19)25)26-23(30)21(15(3)4)27-22(29)18-11-9-8-10-16(18)5/h8-15,21H,6-7H2,1-5H3,(H,26,30)(H,27,29). The summed E-state index contributed by atoms with van der Waals surface area (Å²) in [6.45, 7) is 10.6. The first-order chi connectivity index (χ1) is 14.7. The van der Waals surface area contributed by atoms with Crippen molar-refractivity contribution < 1.29 is 14.4 Å². The van der Waals surface area contributed by atoms with E-state index in [-0.39, 0.29) is 28.7 Å². The lowest BCUT2D eigenvalue weighted by molar-refractivity contribution is -0.118. The smallest absolute Gasteiger partial charge is 0.255 e. The van der Waals surface area contributed by atoms with Crippen LogP contribution in [0.15, 0.2) is 42.5 Å². The molecular weight excluding hydrogens is 414 g/mol. The third-order valence-electron chi connectivity index (χ3n) is 5.14. The Balaban J connectivity index is 2.16. The highest BCUT2D eigenvalue weighted by molar-refractivity contribution is 6.34. The maximum Gasteiger partial charge on any atom is 0.255 e. The molecule has 7 heteroatoms. The van der Waals surface area contributed by atoms with Gasteiger partial charge in [-0.25, -0.2) is 0 Å². The molecule has 2 rings (SSSR count). The van der Waals surface area contributed by atoms with Crippen LogP contribution in [-0.2, 0) is 4.79 Å². The SMILES string of the molecule is CCN(CC)C(=O)c1ccc(NC(=O)C(NC(=O)c2ccccc2C)C(C)C)cc1Cl. The average molecular weight is 444 g/mol. The predicted molar refractivity (Wildman–Crippen MR) is 125 cm³/mol. The fraction of sp³-hybridized carbons (Fsp3) is 0.375. The van der Waals surface area contributed by atoms with Crippen LogP contribution in [0.25, 0.3) is 0 Å². The van der Waals surface area contributed by atoms with Crippen LogP contribution in [0.3, 0.4) is 0 Å². The Morgan fingerprint density at radius 1 is 1.00 bits per heavy atom. The largest absolute Gasteiger partial charge is 0.340 e. The fourth-order valence-corrected chi connectivity index (χ4v) is 3.51. The van der Waals surface area contributed by atoms with E-state index >= 15 is 0 Å². The van der Waals surface area contributed by atoms with Gasteiger partial charge in [-0.15, -0.1) is 0 Å². The molecule has 0 fully saturated rings.